The SMILES string of the molecule is O=C(O)c1ccc(CNC(=O)C2CCN(c3ccc4nncn4n3)CC2)cc1. The summed E-state index contributed by atoms with van der Waals surface area (Å²) >= 11 is 0. The summed E-state index contributed by atoms with van der Waals surface area (Å²) in [5.74, 6) is -0.109. The molecule has 1 aliphatic rings. The van der Waals surface area contributed by atoms with Crippen LogP contribution in [0.3, 0.4) is 0 Å². The van der Waals surface area contributed by atoms with Gasteiger partial charge in [0.1, 0.15) is 12.1 Å². The predicted molar refractivity (Wildman–Crippen MR) is 101 cm³/mol. The summed E-state index contributed by atoms with van der Waals surface area (Å²) in [4.78, 5) is 25.5. The van der Waals surface area contributed by atoms with Crippen LogP contribution in [0.25, 0.3) is 5.65 Å². The van der Waals surface area contributed by atoms with E-state index in [0.29, 0.717) is 12.2 Å². The van der Waals surface area contributed by atoms with Crippen molar-refractivity contribution < 1.29 is 14.7 Å². The highest BCUT2D eigenvalue weighted by Gasteiger charge is 2.25. The zero-order valence-corrected chi connectivity index (χ0v) is 15.2. The van der Waals surface area contributed by atoms with Gasteiger partial charge in [-0.2, -0.15) is 4.52 Å². The second kappa shape index (κ2) is 7.63. The van der Waals surface area contributed by atoms with Gasteiger partial charge < -0.3 is 15.3 Å². The fourth-order valence-corrected chi connectivity index (χ4v) is 3.36. The maximum absolute atomic E-state index is 12.5. The lowest BCUT2D eigenvalue weighted by Crippen LogP contribution is -2.40. The first-order chi connectivity index (χ1) is 13.6. The number of fused-ring (bicyclic) bond motifs is 1. The summed E-state index contributed by atoms with van der Waals surface area (Å²) < 4.78 is 1.64. The number of anilines is 1. The molecule has 3 heterocycles. The normalized spacial score (nSPS) is 14.9. The van der Waals surface area contributed by atoms with Crippen LogP contribution in [0.2, 0.25) is 0 Å². The average molecular weight is 380 g/mol. The van der Waals surface area contributed by atoms with Gasteiger partial charge in [-0.3, -0.25) is 4.79 Å². The molecule has 4 rings (SSSR count). The first-order valence-electron chi connectivity index (χ1n) is 9.12. The van der Waals surface area contributed by atoms with Crippen LogP contribution in [-0.2, 0) is 11.3 Å². The molecule has 0 unspecified atom stereocenters. The molecule has 0 atom stereocenters. The molecule has 0 aliphatic carbocycles. The average Bonchev–Trinajstić information content (AvgIpc) is 3.20. The Balaban J connectivity index is 1.29. The Hall–Kier alpha value is -3.49. The van der Waals surface area contributed by atoms with E-state index in [0.717, 1.165) is 37.3 Å². The van der Waals surface area contributed by atoms with E-state index in [1.165, 1.54) is 0 Å². The van der Waals surface area contributed by atoms with E-state index in [9.17, 15) is 9.59 Å². The van der Waals surface area contributed by atoms with Crippen molar-refractivity contribution in [2.45, 2.75) is 19.4 Å². The fraction of sp³-hybridized carbons (Fsp3) is 0.316. The summed E-state index contributed by atoms with van der Waals surface area (Å²) in [5, 5.41) is 24.2. The molecule has 2 N–H and O–H groups in total. The number of nitrogens with one attached hydrogen (secondary N) is 1. The third-order valence-corrected chi connectivity index (χ3v) is 5.00. The lowest BCUT2D eigenvalue weighted by Gasteiger charge is -2.32. The Morgan fingerprint density at radius 3 is 2.57 bits per heavy atom. The largest absolute Gasteiger partial charge is 0.478 e. The van der Waals surface area contributed by atoms with Crippen LogP contribution in [0.1, 0.15) is 28.8 Å². The second-order valence-corrected chi connectivity index (χ2v) is 6.81. The highest BCUT2D eigenvalue weighted by Crippen LogP contribution is 2.22. The number of hydrogen-bond acceptors (Lipinski definition) is 6. The summed E-state index contributed by atoms with van der Waals surface area (Å²) in [6.07, 6.45) is 3.08. The number of benzene rings is 1. The Kier molecular flexibility index (Phi) is 4.88. The van der Waals surface area contributed by atoms with Gasteiger partial charge in [-0.05, 0) is 42.7 Å². The minimum absolute atomic E-state index is 0.0316. The molecule has 1 aliphatic heterocycles. The van der Waals surface area contributed by atoms with E-state index in [1.54, 1.807) is 35.1 Å². The summed E-state index contributed by atoms with van der Waals surface area (Å²) in [6.45, 7) is 1.91. The summed E-state index contributed by atoms with van der Waals surface area (Å²) in [5.41, 5.74) is 1.82. The number of carboxylic acid groups (broad SMARTS) is 1. The van der Waals surface area contributed by atoms with Crippen molar-refractivity contribution in [2.75, 3.05) is 18.0 Å². The number of carbonyl (C=O) groups excluding carboxylic acids is 1. The highest BCUT2D eigenvalue weighted by molar-refractivity contribution is 5.87. The number of rotatable bonds is 5. The molecule has 0 spiro atoms. The molecule has 28 heavy (non-hydrogen) atoms. The van der Waals surface area contributed by atoms with Crippen LogP contribution in [-0.4, -0.2) is 49.9 Å². The van der Waals surface area contributed by atoms with Gasteiger partial charge in [0.2, 0.25) is 5.91 Å². The summed E-state index contributed by atoms with van der Waals surface area (Å²) in [6, 6.07) is 10.3. The Morgan fingerprint density at radius 1 is 1.11 bits per heavy atom. The van der Waals surface area contributed by atoms with Crippen molar-refractivity contribution in [1.82, 2.24) is 25.1 Å². The van der Waals surface area contributed by atoms with E-state index in [2.05, 4.69) is 25.5 Å². The van der Waals surface area contributed by atoms with Crippen LogP contribution >= 0.6 is 0 Å². The Labute approximate surface area is 161 Å². The molecule has 2 aromatic heterocycles. The summed E-state index contributed by atoms with van der Waals surface area (Å²) in [7, 11) is 0. The number of piperidine rings is 1. The number of aromatic carboxylic acids is 1. The number of aromatic nitrogens is 4. The molecular formula is C19H20N6O3. The van der Waals surface area contributed by atoms with Gasteiger partial charge in [0.25, 0.3) is 0 Å². The fourth-order valence-electron chi connectivity index (χ4n) is 3.36. The zero-order valence-electron chi connectivity index (χ0n) is 15.2. The first-order valence-corrected chi connectivity index (χ1v) is 9.12. The molecule has 1 aromatic carbocycles. The van der Waals surface area contributed by atoms with E-state index < -0.39 is 5.97 Å². The number of carboxylic acids is 1. The molecule has 0 bridgehead atoms. The van der Waals surface area contributed by atoms with E-state index in [-0.39, 0.29) is 17.4 Å². The monoisotopic (exact) mass is 380 g/mol. The van der Waals surface area contributed by atoms with Crippen molar-refractivity contribution in [3.05, 3.63) is 53.9 Å². The molecule has 144 valence electrons. The van der Waals surface area contributed by atoms with E-state index in [1.807, 2.05) is 12.1 Å². The standard InChI is InChI=1S/C19H20N6O3/c26-18(20-11-13-1-3-15(4-2-13)19(27)28)14-7-9-24(10-8-14)17-6-5-16-22-21-12-25(16)23-17/h1-6,12,14H,7-11H2,(H,20,26)(H,27,28). The van der Waals surface area contributed by atoms with Gasteiger partial charge >= 0.3 is 5.97 Å². The van der Waals surface area contributed by atoms with Crippen molar-refractivity contribution in [3.8, 4) is 0 Å². The Bertz CT molecular complexity index is 992. The van der Waals surface area contributed by atoms with Gasteiger partial charge in [-0.25, -0.2) is 4.79 Å². The lowest BCUT2D eigenvalue weighted by molar-refractivity contribution is -0.125. The molecule has 1 fully saturated rings. The van der Waals surface area contributed by atoms with Crippen LogP contribution in [0.15, 0.2) is 42.7 Å². The smallest absolute Gasteiger partial charge is 0.335 e. The molecule has 0 saturated carbocycles. The molecule has 0 radical (unpaired) electrons. The minimum Gasteiger partial charge on any atom is -0.478 e. The third-order valence-electron chi connectivity index (χ3n) is 5.00. The van der Waals surface area contributed by atoms with Crippen LogP contribution in [0.5, 0.6) is 0 Å². The predicted octanol–water partition coefficient (Wildman–Crippen LogP) is 1.36. The maximum Gasteiger partial charge on any atom is 0.335 e. The molecule has 9 heteroatoms. The minimum atomic E-state index is -0.958. The molecule has 1 amide bonds. The van der Waals surface area contributed by atoms with E-state index >= 15 is 0 Å². The second-order valence-electron chi connectivity index (χ2n) is 6.81. The lowest BCUT2D eigenvalue weighted by atomic mass is 9.96. The van der Waals surface area contributed by atoms with Crippen molar-refractivity contribution in [2.24, 2.45) is 5.92 Å². The number of nitrogens with zero attached hydrogens (tertiary/aromatic N) is 5. The maximum atomic E-state index is 12.5. The molecular weight excluding hydrogens is 360 g/mol. The quantitative estimate of drug-likeness (QED) is 0.687. The molecule has 3 aromatic rings. The van der Waals surface area contributed by atoms with E-state index in [4.69, 9.17) is 5.11 Å². The molecule has 9 nitrogen and oxygen atoms in total. The van der Waals surface area contributed by atoms with Gasteiger partial charge in [0.05, 0.1) is 5.56 Å². The number of hydrogen-bond donors (Lipinski definition) is 2. The van der Waals surface area contributed by atoms with Gasteiger partial charge in [-0.1, -0.05) is 12.1 Å². The number of amides is 1. The van der Waals surface area contributed by atoms with Gasteiger partial charge in [0.15, 0.2) is 5.65 Å². The number of carbonyl (C=O) groups is 2. The van der Waals surface area contributed by atoms with Gasteiger partial charge in [-0.15, -0.1) is 15.3 Å². The van der Waals surface area contributed by atoms with Crippen molar-refractivity contribution in [3.63, 3.8) is 0 Å². The first kappa shape index (κ1) is 17.9. The topological polar surface area (TPSA) is 113 Å². The van der Waals surface area contributed by atoms with Crippen LogP contribution < -0.4 is 10.2 Å². The Morgan fingerprint density at radius 2 is 1.86 bits per heavy atom. The highest BCUT2D eigenvalue weighted by atomic mass is 16.4. The van der Waals surface area contributed by atoms with Gasteiger partial charge in [0, 0.05) is 25.6 Å². The molecule has 1 saturated heterocycles. The zero-order chi connectivity index (χ0) is 19.5. The van der Waals surface area contributed by atoms with Crippen molar-refractivity contribution in [1.29, 1.82) is 0 Å². The van der Waals surface area contributed by atoms with Crippen LogP contribution in [0.4, 0.5) is 5.82 Å². The third kappa shape index (κ3) is 3.78. The van der Waals surface area contributed by atoms with Crippen LogP contribution in [0, 0.1) is 5.92 Å². The van der Waals surface area contributed by atoms with Crippen molar-refractivity contribution >= 4 is 23.3 Å².